The van der Waals surface area contributed by atoms with Gasteiger partial charge in [-0.1, -0.05) is 62.2 Å². The van der Waals surface area contributed by atoms with Crippen LogP contribution >= 0.6 is 0 Å². The van der Waals surface area contributed by atoms with Gasteiger partial charge >= 0.3 is 0 Å². The summed E-state index contributed by atoms with van der Waals surface area (Å²) in [6.45, 7) is 7.94. The van der Waals surface area contributed by atoms with E-state index in [1.165, 1.54) is 12.8 Å². The van der Waals surface area contributed by atoms with E-state index in [1.54, 1.807) is 18.9 Å². The summed E-state index contributed by atoms with van der Waals surface area (Å²) in [5.74, 6) is 0.241. The molecular formula is C35H41N3O3. The van der Waals surface area contributed by atoms with Crippen LogP contribution in [0.15, 0.2) is 77.8 Å². The number of carbonyl (C=O) groups is 2. The molecule has 0 saturated heterocycles. The monoisotopic (exact) mass is 551 g/mol. The average molecular weight is 552 g/mol. The molecule has 41 heavy (non-hydrogen) atoms. The molecule has 3 unspecified atom stereocenters. The number of aliphatic imine (C=N–C) groups is 1. The first kappa shape index (κ1) is 28.6. The number of ketones is 1. The predicted molar refractivity (Wildman–Crippen MR) is 167 cm³/mol. The number of amides is 1. The number of carbonyl (C=O) groups excluding carboxylic acids is 2. The number of unbranched alkanes of at least 4 members (excludes halogenated alkanes) is 2. The van der Waals surface area contributed by atoms with E-state index >= 15 is 0 Å². The number of rotatable bonds is 9. The predicted octanol–water partition coefficient (Wildman–Crippen LogP) is 7.65. The molecule has 3 aromatic rings. The van der Waals surface area contributed by atoms with Gasteiger partial charge in [0.15, 0.2) is 0 Å². The highest BCUT2D eigenvalue weighted by Gasteiger charge is 2.46. The maximum Gasteiger partial charge on any atom is 0.224 e. The van der Waals surface area contributed by atoms with Crippen LogP contribution in [0.25, 0.3) is 0 Å². The van der Waals surface area contributed by atoms with Crippen molar-refractivity contribution in [3.05, 3.63) is 83.9 Å². The zero-order chi connectivity index (χ0) is 28.9. The Labute approximate surface area is 244 Å². The van der Waals surface area contributed by atoms with Gasteiger partial charge in [0.25, 0.3) is 0 Å². The van der Waals surface area contributed by atoms with Crippen molar-refractivity contribution < 1.29 is 14.3 Å². The van der Waals surface area contributed by atoms with Gasteiger partial charge in [0.1, 0.15) is 11.5 Å². The van der Waals surface area contributed by atoms with E-state index in [4.69, 9.17) is 9.73 Å². The maximum absolute atomic E-state index is 14.2. The molecule has 2 aliphatic rings. The van der Waals surface area contributed by atoms with E-state index in [2.05, 4.69) is 43.0 Å². The number of para-hydroxylation sites is 3. The summed E-state index contributed by atoms with van der Waals surface area (Å²) >= 11 is 0. The van der Waals surface area contributed by atoms with E-state index < -0.39 is 12.0 Å². The Balaban J connectivity index is 1.57. The van der Waals surface area contributed by atoms with Gasteiger partial charge in [-0.2, -0.15) is 0 Å². The van der Waals surface area contributed by atoms with Crippen molar-refractivity contribution in [1.82, 2.24) is 0 Å². The van der Waals surface area contributed by atoms with Crippen LogP contribution in [0.3, 0.4) is 0 Å². The summed E-state index contributed by atoms with van der Waals surface area (Å²) in [7, 11) is 1.67. The molecule has 1 aliphatic carbocycles. The zero-order valence-electron chi connectivity index (χ0n) is 24.7. The topological polar surface area (TPSA) is 62.2 Å². The van der Waals surface area contributed by atoms with Crippen molar-refractivity contribution in [1.29, 1.82) is 0 Å². The van der Waals surface area contributed by atoms with Crippen LogP contribution in [0.2, 0.25) is 0 Å². The summed E-state index contributed by atoms with van der Waals surface area (Å²) in [5, 5.41) is 0. The van der Waals surface area contributed by atoms with Crippen LogP contribution in [-0.2, 0) is 9.59 Å². The Morgan fingerprint density at radius 1 is 0.976 bits per heavy atom. The second-order valence-electron chi connectivity index (χ2n) is 11.1. The summed E-state index contributed by atoms with van der Waals surface area (Å²) in [6.07, 6.45) is 4.57. The molecule has 6 nitrogen and oxygen atoms in total. The molecule has 6 heteroatoms. The number of nitrogens with zero attached hydrogens (tertiary/aromatic N) is 3. The lowest BCUT2D eigenvalue weighted by molar-refractivity contribution is -0.123. The first-order valence-corrected chi connectivity index (χ1v) is 14.9. The minimum absolute atomic E-state index is 0.0334. The SMILES string of the molecule is CCCCCN(CC)c1ccc(C2C3C(=O)CC(c4ccccc4OC)CC3=Nc3ccccc3N2C(C)=O)cc1. The van der Waals surface area contributed by atoms with Gasteiger partial charge in [-0.3, -0.25) is 14.6 Å². The van der Waals surface area contributed by atoms with Gasteiger partial charge in [0.2, 0.25) is 5.91 Å². The number of hydrogen-bond acceptors (Lipinski definition) is 5. The van der Waals surface area contributed by atoms with Crippen molar-refractivity contribution >= 4 is 34.5 Å². The molecule has 3 aromatic carbocycles. The summed E-state index contributed by atoms with van der Waals surface area (Å²) in [5.41, 5.74) is 5.44. The highest BCUT2D eigenvalue weighted by atomic mass is 16.5. The van der Waals surface area contributed by atoms with Crippen molar-refractivity contribution in [2.24, 2.45) is 10.9 Å². The lowest BCUT2D eigenvalue weighted by atomic mass is 9.72. The Bertz CT molecular complexity index is 1410. The Morgan fingerprint density at radius 3 is 2.41 bits per heavy atom. The molecule has 0 spiro atoms. The molecule has 0 aromatic heterocycles. The molecule has 3 atom stereocenters. The standard InChI is InChI=1S/C35H41N3O3/c1-5-7-12-21-37(6-2)27-19-17-25(18-20-27)35-34-30(36-29-14-9-10-15-31(29)38(35)24(3)39)22-26(23-32(34)40)28-13-8-11-16-33(28)41-4/h8-11,13-20,26,34-35H,5-7,12,21-23H2,1-4H3. The normalized spacial score (nSPS) is 20.0. The van der Waals surface area contributed by atoms with Crippen molar-refractivity contribution in [2.45, 2.75) is 64.8 Å². The number of anilines is 2. The van der Waals surface area contributed by atoms with Crippen LogP contribution < -0.4 is 14.5 Å². The summed E-state index contributed by atoms with van der Waals surface area (Å²) < 4.78 is 5.65. The van der Waals surface area contributed by atoms with Gasteiger partial charge in [0, 0.05) is 37.8 Å². The third kappa shape index (κ3) is 5.79. The van der Waals surface area contributed by atoms with E-state index in [9.17, 15) is 9.59 Å². The third-order valence-corrected chi connectivity index (χ3v) is 8.54. The molecule has 0 radical (unpaired) electrons. The average Bonchev–Trinajstić information content (AvgIpc) is 3.14. The quantitative estimate of drug-likeness (QED) is 0.256. The van der Waals surface area contributed by atoms with Gasteiger partial charge in [0.05, 0.1) is 30.4 Å². The number of fused-ring (bicyclic) bond motifs is 2. The van der Waals surface area contributed by atoms with Gasteiger partial charge in [-0.15, -0.1) is 0 Å². The minimum atomic E-state index is -0.519. The zero-order valence-corrected chi connectivity index (χ0v) is 24.7. The van der Waals surface area contributed by atoms with Crippen LogP contribution in [-0.4, -0.2) is 37.6 Å². The molecule has 1 fully saturated rings. The molecular weight excluding hydrogens is 510 g/mol. The molecule has 5 rings (SSSR count). The van der Waals surface area contributed by atoms with E-state index in [-0.39, 0.29) is 17.6 Å². The summed E-state index contributed by atoms with van der Waals surface area (Å²) in [4.78, 5) is 36.8. The lowest BCUT2D eigenvalue weighted by Crippen LogP contribution is -2.45. The number of methoxy groups -OCH3 is 1. The summed E-state index contributed by atoms with van der Waals surface area (Å²) in [6, 6.07) is 23.7. The van der Waals surface area contributed by atoms with Crippen molar-refractivity contribution in [2.75, 3.05) is 30.0 Å². The Hall–Kier alpha value is -3.93. The molecule has 1 saturated carbocycles. The van der Waals surface area contributed by atoms with Gasteiger partial charge in [-0.05, 0) is 67.1 Å². The van der Waals surface area contributed by atoms with Crippen LogP contribution in [0.4, 0.5) is 17.1 Å². The van der Waals surface area contributed by atoms with E-state index in [0.29, 0.717) is 12.8 Å². The fraction of sp³-hybridized carbons (Fsp3) is 0.400. The number of benzene rings is 3. The van der Waals surface area contributed by atoms with Crippen molar-refractivity contribution in [3.8, 4) is 5.75 Å². The molecule has 1 aliphatic heterocycles. The largest absolute Gasteiger partial charge is 0.496 e. The fourth-order valence-corrected chi connectivity index (χ4v) is 6.53. The molecule has 0 N–H and O–H groups in total. The van der Waals surface area contributed by atoms with E-state index in [0.717, 1.165) is 59.2 Å². The second-order valence-corrected chi connectivity index (χ2v) is 11.1. The van der Waals surface area contributed by atoms with Gasteiger partial charge in [-0.25, -0.2) is 0 Å². The smallest absolute Gasteiger partial charge is 0.224 e. The Kier molecular flexibility index (Phi) is 8.87. The third-order valence-electron chi connectivity index (χ3n) is 8.54. The number of hydrogen-bond donors (Lipinski definition) is 0. The van der Waals surface area contributed by atoms with Crippen LogP contribution in [0, 0.1) is 5.92 Å². The maximum atomic E-state index is 14.2. The molecule has 214 valence electrons. The first-order valence-electron chi connectivity index (χ1n) is 14.9. The fourth-order valence-electron chi connectivity index (χ4n) is 6.53. The van der Waals surface area contributed by atoms with Gasteiger partial charge < -0.3 is 14.5 Å². The van der Waals surface area contributed by atoms with Crippen molar-refractivity contribution in [3.63, 3.8) is 0 Å². The highest BCUT2D eigenvalue weighted by molar-refractivity contribution is 6.13. The second kappa shape index (κ2) is 12.7. The molecule has 0 bridgehead atoms. The lowest BCUT2D eigenvalue weighted by Gasteiger charge is -2.38. The van der Waals surface area contributed by atoms with Crippen LogP contribution in [0.5, 0.6) is 5.75 Å². The molecule has 1 amide bonds. The minimum Gasteiger partial charge on any atom is -0.496 e. The highest BCUT2D eigenvalue weighted by Crippen LogP contribution is 2.48. The Morgan fingerprint density at radius 2 is 1.71 bits per heavy atom. The molecule has 1 heterocycles. The number of Topliss-reactive ketones (excluding diaryl/α,β-unsaturated/α-hetero) is 1. The van der Waals surface area contributed by atoms with Crippen LogP contribution in [0.1, 0.15) is 76.0 Å². The number of ether oxygens (including phenoxy) is 1. The van der Waals surface area contributed by atoms with E-state index in [1.807, 2.05) is 48.5 Å². The first-order chi connectivity index (χ1) is 20.0.